The second-order valence-corrected chi connectivity index (χ2v) is 8.46. The SMILES string of the molecule is O=C(c1nc2ncccn2n1)N1CCCC2(CCc3c2nc(C2CC2)[nH]c3=O)C1. The fourth-order valence-electron chi connectivity index (χ4n) is 4.89. The monoisotopic (exact) mass is 391 g/mol. The lowest BCUT2D eigenvalue weighted by Crippen LogP contribution is -2.48. The van der Waals surface area contributed by atoms with Gasteiger partial charge in [-0.05, 0) is 44.6 Å². The molecule has 1 unspecified atom stereocenters. The number of nitrogens with one attached hydrogen (secondary N) is 1. The molecule has 1 saturated heterocycles. The number of carbonyl (C=O) groups excluding carboxylic acids is 1. The van der Waals surface area contributed by atoms with Crippen LogP contribution in [0, 0.1) is 0 Å². The normalized spacial score (nSPS) is 23.7. The Kier molecular flexibility index (Phi) is 3.45. The number of H-pyrrole nitrogens is 1. The standard InChI is InChI=1S/C20H21N7O2/c28-17-13-5-7-20(14(13)22-15(23-17)12-3-4-12)6-1-9-26(11-20)18(29)16-24-19-21-8-2-10-27(19)25-16/h2,8,10,12H,1,3-7,9,11H2,(H,22,23,28). The van der Waals surface area contributed by atoms with E-state index in [1.54, 1.807) is 18.5 Å². The van der Waals surface area contributed by atoms with Crippen LogP contribution in [0.5, 0.6) is 0 Å². The van der Waals surface area contributed by atoms with Crippen molar-refractivity contribution >= 4 is 11.7 Å². The zero-order chi connectivity index (χ0) is 19.6. The third-order valence-corrected chi connectivity index (χ3v) is 6.53. The molecule has 1 aliphatic heterocycles. The summed E-state index contributed by atoms with van der Waals surface area (Å²) in [6.07, 6.45) is 8.95. The van der Waals surface area contributed by atoms with Gasteiger partial charge in [-0.15, -0.1) is 5.10 Å². The minimum atomic E-state index is -0.238. The number of fused-ring (bicyclic) bond motifs is 3. The molecule has 1 amide bonds. The first-order chi connectivity index (χ1) is 14.1. The average Bonchev–Trinajstić information content (AvgIpc) is 3.41. The van der Waals surface area contributed by atoms with Gasteiger partial charge in [-0.2, -0.15) is 4.98 Å². The van der Waals surface area contributed by atoms with E-state index in [0.29, 0.717) is 24.8 Å². The van der Waals surface area contributed by atoms with Gasteiger partial charge in [-0.1, -0.05) is 0 Å². The smallest absolute Gasteiger partial charge is 0.293 e. The number of nitrogens with zero attached hydrogens (tertiary/aromatic N) is 6. The summed E-state index contributed by atoms with van der Waals surface area (Å²) in [6.45, 7) is 1.22. The van der Waals surface area contributed by atoms with Crippen LogP contribution in [-0.2, 0) is 11.8 Å². The number of hydrogen-bond donors (Lipinski definition) is 1. The number of amides is 1. The number of aromatic nitrogens is 6. The number of aromatic amines is 1. The molecule has 3 aromatic rings. The molecule has 0 aromatic carbocycles. The molecular formula is C20H21N7O2. The van der Waals surface area contributed by atoms with Crippen LogP contribution in [0.15, 0.2) is 23.3 Å². The molecule has 29 heavy (non-hydrogen) atoms. The van der Waals surface area contributed by atoms with Crippen molar-refractivity contribution in [3.05, 3.63) is 51.7 Å². The van der Waals surface area contributed by atoms with Gasteiger partial charge in [0, 0.05) is 42.4 Å². The van der Waals surface area contributed by atoms with E-state index in [1.165, 1.54) is 4.52 Å². The third kappa shape index (κ3) is 2.60. The van der Waals surface area contributed by atoms with E-state index in [1.807, 2.05) is 4.90 Å². The Bertz CT molecular complexity index is 1160. The average molecular weight is 391 g/mol. The van der Waals surface area contributed by atoms with E-state index >= 15 is 0 Å². The highest BCUT2D eigenvalue weighted by Crippen LogP contribution is 2.45. The van der Waals surface area contributed by atoms with Crippen LogP contribution in [0.25, 0.3) is 5.78 Å². The molecule has 148 valence electrons. The Balaban J connectivity index is 1.34. The van der Waals surface area contributed by atoms with Crippen molar-refractivity contribution in [3.8, 4) is 0 Å². The summed E-state index contributed by atoms with van der Waals surface area (Å²) >= 11 is 0. The minimum Gasteiger partial charge on any atom is -0.335 e. The van der Waals surface area contributed by atoms with Crippen molar-refractivity contribution in [1.29, 1.82) is 0 Å². The highest BCUT2D eigenvalue weighted by molar-refractivity contribution is 5.91. The molecule has 9 heteroatoms. The number of rotatable bonds is 2. The summed E-state index contributed by atoms with van der Waals surface area (Å²) in [5.41, 5.74) is 1.49. The molecule has 3 aliphatic rings. The van der Waals surface area contributed by atoms with Gasteiger partial charge in [0.1, 0.15) is 5.82 Å². The number of carbonyl (C=O) groups is 1. The van der Waals surface area contributed by atoms with Crippen LogP contribution >= 0.6 is 0 Å². The maximum absolute atomic E-state index is 13.1. The minimum absolute atomic E-state index is 0.00492. The van der Waals surface area contributed by atoms with Crippen molar-refractivity contribution in [2.45, 2.75) is 49.9 Å². The highest BCUT2D eigenvalue weighted by Gasteiger charge is 2.46. The third-order valence-electron chi connectivity index (χ3n) is 6.53. The van der Waals surface area contributed by atoms with E-state index in [0.717, 1.165) is 55.6 Å². The van der Waals surface area contributed by atoms with Crippen molar-refractivity contribution in [3.63, 3.8) is 0 Å². The first kappa shape index (κ1) is 16.8. The van der Waals surface area contributed by atoms with Crippen molar-refractivity contribution in [2.75, 3.05) is 13.1 Å². The number of hydrogen-bond acceptors (Lipinski definition) is 6. The second-order valence-electron chi connectivity index (χ2n) is 8.46. The first-order valence-corrected chi connectivity index (χ1v) is 10.2. The Morgan fingerprint density at radius 3 is 2.97 bits per heavy atom. The Morgan fingerprint density at radius 1 is 1.24 bits per heavy atom. The summed E-state index contributed by atoms with van der Waals surface area (Å²) in [4.78, 5) is 43.9. The zero-order valence-electron chi connectivity index (χ0n) is 16.0. The lowest BCUT2D eigenvalue weighted by atomic mass is 9.77. The molecule has 2 fully saturated rings. The highest BCUT2D eigenvalue weighted by atomic mass is 16.2. The van der Waals surface area contributed by atoms with Gasteiger partial charge in [0.05, 0.1) is 5.69 Å². The quantitative estimate of drug-likeness (QED) is 0.703. The number of likely N-dealkylation sites (tertiary alicyclic amines) is 1. The van der Waals surface area contributed by atoms with E-state index in [4.69, 9.17) is 4.98 Å². The fourth-order valence-corrected chi connectivity index (χ4v) is 4.89. The molecule has 0 bridgehead atoms. The van der Waals surface area contributed by atoms with Crippen LogP contribution in [0.1, 0.15) is 65.7 Å². The number of piperidine rings is 1. The predicted molar refractivity (Wildman–Crippen MR) is 103 cm³/mol. The van der Waals surface area contributed by atoms with Crippen LogP contribution in [0.2, 0.25) is 0 Å². The summed E-state index contributed by atoms with van der Waals surface area (Å²) in [7, 11) is 0. The van der Waals surface area contributed by atoms with E-state index in [-0.39, 0.29) is 22.7 Å². The van der Waals surface area contributed by atoms with Crippen LogP contribution in [0.3, 0.4) is 0 Å². The second kappa shape index (κ2) is 5.95. The van der Waals surface area contributed by atoms with Gasteiger partial charge in [0.2, 0.25) is 5.82 Å². The van der Waals surface area contributed by atoms with Crippen molar-refractivity contribution in [2.24, 2.45) is 0 Å². The first-order valence-electron chi connectivity index (χ1n) is 10.2. The van der Waals surface area contributed by atoms with Gasteiger partial charge in [-0.25, -0.2) is 14.5 Å². The van der Waals surface area contributed by atoms with Crippen LogP contribution < -0.4 is 5.56 Å². The van der Waals surface area contributed by atoms with Crippen LogP contribution in [-0.4, -0.2) is 53.4 Å². The molecule has 6 rings (SSSR count). The molecule has 3 aromatic heterocycles. The molecule has 4 heterocycles. The van der Waals surface area contributed by atoms with Crippen LogP contribution in [0.4, 0.5) is 0 Å². The topological polar surface area (TPSA) is 109 Å². The van der Waals surface area contributed by atoms with E-state index in [9.17, 15) is 9.59 Å². The summed E-state index contributed by atoms with van der Waals surface area (Å²) in [5, 5.41) is 4.29. The molecule has 1 N–H and O–H groups in total. The Hall–Kier alpha value is -3.10. The maximum atomic E-state index is 13.1. The molecule has 1 atom stereocenters. The predicted octanol–water partition coefficient (Wildman–Crippen LogP) is 1.21. The van der Waals surface area contributed by atoms with E-state index < -0.39 is 0 Å². The zero-order valence-corrected chi connectivity index (χ0v) is 16.0. The molecule has 1 spiro atoms. The Labute approximate surface area is 166 Å². The fraction of sp³-hybridized carbons (Fsp3) is 0.500. The van der Waals surface area contributed by atoms with Crippen molar-refractivity contribution in [1.82, 2.24) is 34.4 Å². The molecular weight excluding hydrogens is 370 g/mol. The Morgan fingerprint density at radius 2 is 2.14 bits per heavy atom. The molecule has 2 aliphatic carbocycles. The van der Waals surface area contributed by atoms with Gasteiger partial charge < -0.3 is 9.88 Å². The lowest BCUT2D eigenvalue weighted by Gasteiger charge is -2.40. The van der Waals surface area contributed by atoms with Gasteiger partial charge >= 0.3 is 0 Å². The largest absolute Gasteiger partial charge is 0.335 e. The summed E-state index contributed by atoms with van der Waals surface area (Å²) in [6, 6.07) is 1.75. The lowest BCUT2D eigenvalue weighted by molar-refractivity contribution is 0.0621. The van der Waals surface area contributed by atoms with Gasteiger partial charge in [0.25, 0.3) is 17.2 Å². The van der Waals surface area contributed by atoms with Gasteiger partial charge in [-0.3, -0.25) is 9.59 Å². The maximum Gasteiger partial charge on any atom is 0.293 e. The molecule has 0 radical (unpaired) electrons. The van der Waals surface area contributed by atoms with Crippen molar-refractivity contribution < 1.29 is 4.79 Å². The summed E-state index contributed by atoms with van der Waals surface area (Å²) < 4.78 is 1.51. The molecule has 1 saturated carbocycles. The van der Waals surface area contributed by atoms with Gasteiger partial charge in [0.15, 0.2) is 0 Å². The molecule has 9 nitrogen and oxygen atoms in total. The summed E-state index contributed by atoms with van der Waals surface area (Å²) in [5.74, 6) is 1.61. The van der Waals surface area contributed by atoms with E-state index in [2.05, 4.69) is 20.1 Å².